The number of aromatic nitrogens is 3. The molecule has 0 aliphatic carbocycles. The third kappa shape index (κ3) is 1.16. The predicted octanol–water partition coefficient (Wildman–Crippen LogP) is 2.37. The number of hydrogen-bond acceptors (Lipinski definition) is 2. The van der Waals surface area contributed by atoms with Gasteiger partial charge in [-0.3, -0.25) is 9.89 Å². The Balaban J connectivity index is 2.30. The number of fused-ring (bicyclic) bond motifs is 1. The average Bonchev–Trinajstić information content (AvgIpc) is 2.94. The molecule has 0 radical (unpaired) electrons. The Labute approximate surface area is 91.3 Å². The van der Waals surface area contributed by atoms with Gasteiger partial charge in [0.25, 0.3) is 0 Å². The van der Waals surface area contributed by atoms with E-state index >= 15 is 0 Å². The van der Waals surface area contributed by atoms with Gasteiger partial charge in [-0.25, -0.2) is 0 Å². The van der Waals surface area contributed by atoms with Crippen LogP contribution in [0.15, 0.2) is 36.7 Å². The summed E-state index contributed by atoms with van der Waals surface area (Å²) in [4.78, 5) is 14.0. The molecule has 4 heteroatoms. The first-order valence-corrected chi connectivity index (χ1v) is 4.95. The number of carbonyl (C=O) groups excluding carboxylic acids is 1. The fourth-order valence-electron chi connectivity index (χ4n) is 1.88. The second-order valence-electron chi connectivity index (χ2n) is 3.57. The van der Waals surface area contributed by atoms with E-state index in [4.69, 9.17) is 0 Å². The molecular formula is C12H9N3O. The van der Waals surface area contributed by atoms with Crippen molar-refractivity contribution >= 4 is 17.2 Å². The molecule has 0 saturated carbocycles. The van der Waals surface area contributed by atoms with Gasteiger partial charge in [-0.2, -0.15) is 5.10 Å². The van der Waals surface area contributed by atoms with Crippen LogP contribution >= 0.6 is 0 Å². The minimum Gasteiger partial charge on any atom is -0.360 e. The molecule has 0 aliphatic rings. The molecule has 78 valence electrons. The topological polar surface area (TPSA) is 61.5 Å². The number of rotatable bonds is 2. The lowest BCUT2D eigenvalue weighted by Crippen LogP contribution is -1.82. The van der Waals surface area contributed by atoms with Gasteiger partial charge in [0.2, 0.25) is 0 Å². The number of aldehydes is 1. The van der Waals surface area contributed by atoms with Crippen LogP contribution in [-0.4, -0.2) is 21.5 Å². The summed E-state index contributed by atoms with van der Waals surface area (Å²) in [5, 5.41) is 7.81. The summed E-state index contributed by atoms with van der Waals surface area (Å²) in [5.74, 6) is 0. The number of hydrogen-bond donors (Lipinski definition) is 2. The first-order valence-electron chi connectivity index (χ1n) is 4.95. The van der Waals surface area contributed by atoms with E-state index in [0.29, 0.717) is 5.56 Å². The zero-order valence-corrected chi connectivity index (χ0v) is 8.40. The zero-order chi connectivity index (χ0) is 11.0. The van der Waals surface area contributed by atoms with E-state index in [0.717, 1.165) is 28.4 Å². The van der Waals surface area contributed by atoms with Gasteiger partial charge >= 0.3 is 0 Å². The fraction of sp³-hybridized carbons (Fsp3) is 0. The molecule has 0 spiro atoms. The number of nitrogens with zero attached hydrogens (tertiary/aromatic N) is 1. The largest absolute Gasteiger partial charge is 0.360 e. The Bertz CT molecular complexity index is 651. The number of nitrogens with one attached hydrogen (secondary N) is 2. The van der Waals surface area contributed by atoms with Crippen LogP contribution in [0.4, 0.5) is 0 Å². The lowest BCUT2D eigenvalue weighted by molar-refractivity contribution is 0.112. The van der Waals surface area contributed by atoms with Crippen molar-refractivity contribution in [2.75, 3.05) is 0 Å². The molecule has 2 aromatic heterocycles. The highest BCUT2D eigenvalue weighted by atomic mass is 16.1. The first kappa shape index (κ1) is 8.91. The molecule has 0 saturated heterocycles. The first-order chi connectivity index (χ1) is 7.90. The molecule has 2 heterocycles. The maximum Gasteiger partial charge on any atom is 0.153 e. The van der Waals surface area contributed by atoms with Crippen molar-refractivity contribution in [3.05, 3.63) is 42.2 Å². The van der Waals surface area contributed by atoms with Crippen LogP contribution in [0.2, 0.25) is 0 Å². The van der Waals surface area contributed by atoms with E-state index in [9.17, 15) is 4.79 Å². The predicted molar refractivity (Wildman–Crippen MR) is 61.3 cm³/mol. The molecular weight excluding hydrogens is 202 g/mol. The fourth-order valence-corrected chi connectivity index (χ4v) is 1.88. The van der Waals surface area contributed by atoms with Crippen LogP contribution < -0.4 is 0 Å². The van der Waals surface area contributed by atoms with Crippen LogP contribution in [0, 0.1) is 0 Å². The minimum absolute atomic E-state index is 0.574. The second kappa shape index (κ2) is 3.34. The summed E-state index contributed by atoms with van der Waals surface area (Å²) < 4.78 is 0. The normalized spacial score (nSPS) is 10.8. The molecule has 16 heavy (non-hydrogen) atoms. The van der Waals surface area contributed by atoms with E-state index < -0.39 is 0 Å². The molecule has 4 nitrogen and oxygen atoms in total. The molecule has 0 unspecified atom stereocenters. The summed E-state index contributed by atoms with van der Waals surface area (Å²) in [6, 6.07) is 7.94. The van der Waals surface area contributed by atoms with E-state index in [1.165, 1.54) is 6.20 Å². The molecule has 3 rings (SSSR count). The average molecular weight is 211 g/mol. The van der Waals surface area contributed by atoms with Crippen LogP contribution in [-0.2, 0) is 0 Å². The number of aromatic amines is 2. The van der Waals surface area contributed by atoms with Crippen molar-refractivity contribution in [3.63, 3.8) is 0 Å². The summed E-state index contributed by atoms with van der Waals surface area (Å²) in [5.41, 5.74) is 3.34. The Morgan fingerprint density at radius 1 is 1.25 bits per heavy atom. The van der Waals surface area contributed by atoms with Crippen molar-refractivity contribution in [1.82, 2.24) is 15.2 Å². The van der Waals surface area contributed by atoms with E-state index in [1.54, 1.807) is 0 Å². The number of para-hydroxylation sites is 1. The summed E-state index contributed by atoms with van der Waals surface area (Å²) in [6.07, 6.45) is 4.22. The quantitative estimate of drug-likeness (QED) is 0.639. The van der Waals surface area contributed by atoms with Crippen molar-refractivity contribution in [3.8, 4) is 11.3 Å². The number of H-pyrrole nitrogens is 2. The van der Waals surface area contributed by atoms with Crippen LogP contribution in [0.3, 0.4) is 0 Å². The molecule has 2 N–H and O–H groups in total. The Hall–Kier alpha value is -2.36. The minimum atomic E-state index is 0.574. The van der Waals surface area contributed by atoms with E-state index in [2.05, 4.69) is 15.2 Å². The van der Waals surface area contributed by atoms with Crippen LogP contribution in [0.1, 0.15) is 10.4 Å². The SMILES string of the molecule is O=Cc1cn[nH]c1-c1c[nH]c2ccccc12. The highest BCUT2D eigenvalue weighted by Gasteiger charge is 2.11. The highest BCUT2D eigenvalue weighted by molar-refractivity contribution is 5.98. The molecule has 0 amide bonds. The highest BCUT2D eigenvalue weighted by Crippen LogP contribution is 2.28. The molecule has 3 aromatic rings. The van der Waals surface area contributed by atoms with E-state index in [-0.39, 0.29) is 0 Å². The van der Waals surface area contributed by atoms with Gasteiger partial charge in [0.15, 0.2) is 6.29 Å². The number of benzene rings is 1. The van der Waals surface area contributed by atoms with Gasteiger partial charge in [0.05, 0.1) is 17.5 Å². The lowest BCUT2D eigenvalue weighted by Gasteiger charge is -1.95. The van der Waals surface area contributed by atoms with E-state index in [1.807, 2.05) is 30.5 Å². The van der Waals surface area contributed by atoms with Crippen LogP contribution in [0.25, 0.3) is 22.2 Å². The van der Waals surface area contributed by atoms with Gasteiger partial charge in [-0.1, -0.05) is 18.2 Å². The third-order valence-electron chi connectivity index (χ3n) is 2.65. The van der Waals surface area contributed by atoms with Crippen LogP contribution in [0.5, 0.6) is 0 Å². The monoisotopic (exact) mass is 211 g/mol. The van der Waals surface area contributed by atoms with Crippen molar-refractivity contribution < 1.29 is 4.79 Å². The maximum atomic E-state index is 10.8. The Morgan fingerprint density at radius 3 is 3.00 bits per heavy atom. The molecule has 0 aliphatic heterocycles. The molecule has 0 atom stereocenters. The lowest BCUT2D eigenvalue weighted by atomic mass is 10.1. The summed E-state index contributed by atoms with van der Waals surface area (Å²) >= 11 is 0. The standard InChI is InChI=1S/C12H9N3O/c16-7-8-5-14-15-12(8)10-6-13-11-4-2-1-3-9(10)11/h1-7,13H,(H,14,15). The maximum absolute atomic E-state index is 10.8. The Morgan fingerprint density at radius 2 is 2.12 bits per heavy atom. The smallest absolute Gasteiger partial charge is 0.153 e. The second-order valence-corrected chi connectivity index (χ2v) is 3.57. The van der Waals surface area contributed by atoms with Crippen molar-refractivity contribution in [1.29, 1.82) is 0 Å². The van der Waals surface area contributed by atoms with Gasteiger partial charge in [0.1, 0.15) is 0 Å². The van der Waals surface area contributed by atoms with Gasteiger partial charge < -0.3 is 4.98 Å². The van der Waals surface area contributed by atoms with Gasteiger partial charge in [-0.05, 0) is 6.07 Å². The summed E-state index contributed by atoms with van der Waals surface area (Å²) in [6.45, 7) is 0. The van der Waals surface area contributed by atoms with Crippen molar-refractivity contribution in [2.45, 2.75) is 0 Å². The van der Waals surface area contributed by atoms with Crippen molar-refractivity contribution in [2.24, 2.45) is 0 Å². The third-order valence-corrected chi connectivity index (χ3v) is 2.65. The molecule has 0 bridgehead atoms. The van der Waals surface area contributed by atoms with Gasteiger partial charge in [0, 0.05) is 22.7 Å². The summed E-state index contributed by atoms with van der Waals surface area (Å²) in [7, 11) is 0. The Kier molecular flexibility index (Phi) is 1.86. The van der Waals surface area contributed by atoms with Gasteiger partial charge in [-0.15, -0.1) is 0 Å². The molecule has 0 fully saturated rings. The molecule has 1 aromatic carbocycles. The number of carbonyl (C=O) groups is 1. The zero-order valence-electron chi connectivity index (χ0n) is 8.40.